The molecule has 5 rings (SSSR count). The summed E-state index contributed by atoms with van der Waals surface area (Å²) in [5.41, 5.74) is 23.7. The molecule has 0 radical (unpaired) electrons. The summed E-state index contributed by atoms with van der Waals surface area (Å²) in [6.45, 7) is 4.12. The van der Waals surface area contributed by atoms with Gasteiger partial charge in [0, 0.05) is 49.7 Å². The summed E-state index contributed by atoms with van der Waals surface area (Å²) in [7, 11) is 0. The zero-order chi connectivity index (χ0) is 43.5. The summed E-state index contributed by atoms with van der Waals surface area (Å²) in [6, 6.07) is 0.366. The number of H-pyrrole nitrogens is 1. The van der Waals surface area contributed by atoms with Gasteiger partial charge in [0.15, 0.2) is 11.9 Å². The Balaban J connectivity index is 1.58. The van der Waals surface area contributed by atoms with Gasteiger partial charge >= 0.3 is 0 Å². The maximum absolute atomic E-state index is 14.9. The molecular weight excluding hydrogens is 775 g/mol. The largest absolute Gasteiger partial charge is 0.390 e. The number of nitrogens with two attached hydrogens (primary N) is 4. The van der Waals surface area contributed by atoms with Crippen LogP contribution in [0.1, 0.15) is 77.2 Å². The van der Waals surface area contributed by atoms with Crippen molar-refractivity contribution in [3.8, 4) is 0 Å². The number of aromatic nitrogens is 1. The Kier molecular flexibility index (Phi) is 15.7. The van der Waals surface area contributed by atoms with Gasteiger partial charge in [-0.2, -0.15) is 0 Å². The number of nitrogens with zero attached hydrogens (tertiary/aromatic N) is 4. The number of carbonyl (C=O) groups is 6. The van der Waals surface area contributed by atoms with Crippen molar-refractivity contribution in [1.29, 1.82) is 0 Å². The van der Waals surface area contributed by atoms with Gasteiger partial charge in [-0.15, -0.1) is 0 Å². The van der Waals surface area contributed by atoms with Crippen molar-refractivity contribution in [1.82, 2.24) is 36.1 Å². The molecule has 6 amide bonds. The number of hydrogen-bond acceptors (Lipinski definition) is 9. The molecular formula is C40H61N13O7. The van der Waals surface area contributed by atoms with Crippen molar-refractivity contribution in [2.45, 2.75) is 120 Å². The Labute approximate surface area is 349 Å². The van der Waals surface area contributed by atoms with Gasteiger partial charge in [-0.05, 0) is 68.9 Å². The first-order valence-corrected chi connectivity index (χ1v) is 20.9. The van der Waals surface area contributed by atoms with Gasteiger partial charge in [0.25, 0.3) is 0 Å². The molecule has 3 fully saturated rings. The minimum atomic E-state index is -1.34. The SMILES string of the molecule is CC[C@H](C)[C@@H]1NC(=O)[C@@H]2[C@H](O)CCN2C(=O)[C@H]2CCCCN2C(=O)[C@H](Cc2c[nH]c3ccccc23)NC(=O)[C@H](CCCN=C(N)N)NC(=O)[C@@H](CCCN=C(N)N)NC1=O. The number of aliphatic hydroxyl groups excluding tert-OH is 1. The van der Waals surface area contributed by atoms with Crippen molar-refractivity contribution in [3.63, 3.8) is 0 Å². The van der Waals surface area contributed by atoms with Crippen LogP contribution in [0.3, 0.4) is 0 Å². The average molecular weight is 836 g/mol. The van der Waals surface area contributed by atoms with Gasteiger partial charge in [-0.25, -0.2) is 0 Å². The molecule has 60 heavy (non-hydrogen) atoms. The molecule has 0 bridgehead atoms. The van der Waals surface area contributed by atoms with Crippen molar-refractivity contribution >= 4 is 58.3 Å². The Hall–Kier alpha value is -5.92. The summed E-state index contributed by atoms with van der Waals surface area (Å²) in [5, 5.41) is 23.2. The molecule has 20 heteroatoms. The van der Waals surface area contributed by atoms with Gasteiger partial charge in [-0.1, -0.05) is 38.5 Å². The number of nitrogens with one attached hydrogen (secondary N) is 5. The standard InChI is InChI=1S/C40H61N13O7/c1-3-22(2)31-35(57)49-27(13-9-17-46-40(43)44)33(55)48-26(12-8-16-45-39(41)42)34(56)50-28(20-23-21-47-25-11-5-4-10-24(23)25)37(59)52-18-7-6-14-29(52)38(60)53-19-15-30(54)32(53)36(58)51-31/h4-5,10-11,21-22,26-32,47,54H,3,6-9,12-20H2,1-2H3,(H,48,55)(H,49,57)(H,50,56)(H,51,58)(H4,41,42,45)(H4,43,44,46)/t22-,26-,27+,28-,29+,30+,31-,32-/m0/s1. The van der Waals surface area contributed by atoms with E-state index in [-0.39, 0.29) is 76.6 Å². The Morgan fingerprint density at radius 3 is 2.02 bits per heavy atom. The van der Waals surface area contributed by atoms with Crippen LogP contribution >= 0.6 is 0 Å². The van der Waals surface area contributed by atoms with E-state index < -0.39 is 83.7 Å². The number of hydrogen-bond donors (Lipinski definition) is 10. The lowest BCUT2D eigenvalue weighted by molar-refractivity contribution is -0.152. The van der Waals surface area contributed by atoms with Crippen LogP contribution in [0, 0.1) is 5.92 Å². The molecule has 3 aliphatic rings. The lowest BCUT2D eigenvalue weighted by atomic mass is 9.95. The van der Waals surface area contributed by atoms with E-state index >= 15 is 0 Å². The maximum Gasteiger partial charge on any atom is 0.246 e. The quantitative estimate of drug-likeness (QED) is 0.0644. The fourth-order valence-electron chi connectivity index (χ4n) is 8.20. The second kappa shape index (κ2) is 20.9. The van der Waals surface area contributed by atoms with Gasteiger partial charge in [-0.3, -0.25) is 38.8 Å². The normalized spacial score (nSPS) is 26.4. The van der Waals surface area contributed by atoms with Gasteiger partial charge in [0.2, 0.25) is 35.4 Å². The Morgan fingerprint density at radius 1 is 0.767 bits per heavy atom. The second-order valence-electron chi connectivity index (χ2n) is 15.9. The van der Waals surface area contributed by atoms with Crippen LogP contribution in [0.5, 0.6) is 0 Å². The van der Waals surface area contributed by atoms with E-state index in [1.54, 1.807) is 13.1 Å². The van der Waals surface area contributed by atoms with Gasteiger partial charge in [0.1, 0.15) is 36.3 Å². The first-order chi connectivity index (χ1) is 28.7. The van der Waals surface area contributed by atoms with Gasteiger partial charge < -0.3 is 64.1 Å². The third kappa shape index (κ3) is 11.2. The summed E-state index contributed by atoms with van der Waals surface area (Å²) >= 11 is 0. The number of amides is 6. The molecule has 14 N–H and O–H groups in total. The molecule has 3 saturated heterocycles. The number of piperidine rings is 1. The summed E-state index contributed by atoms with van der Waals surface area (Å²) in [4.78, 5) is 100. The van der Waals surface area contributed by atoms with Crippen LogP contribution in [0.4, 0.5) is 0 Å². The zero-order valence-corrected chi connectivity index (χ0v) is 34.4. The average Bonchev–Trinajstić information content (AvgIpc) is 3.83. The Bertz CT molecular complexity index is 1930. The number of carbonyl (C=O) groups excluding carboxylic acids is 6. The molecule has 0 unspecified atom stereocenters. The molecule has 328 valence electrons. The van der Waals surface area contributed by atoms with E-state index in [1.165, 1.54) is 9.80 Å². The molecule has 1 aromatic heterocycles. The van der Waals surface area contributed by atoms with Crippen molar-refractivity contribution < 1.29 is 33.9 Å². The second-order valence-corrected chi connectivity index (χ2v) is 15.9. The Morgan fingerprint density at radius 2 is 1.38 bits per heavy atom. The lowest BCUT2D eigenvalue weighted by Gasteiger charge is -2.40. The first-order valence-electron chi connectivity index (χ1n) is 20.9. The molecule has 0 aliphatic carbocycles. The van der Waals surface area contributed by atoms with Crippen molar-refractivity contribution in [2.24, 2.45) is 38.8 Å². The molecule has 20 nitrogen and oxygen atoms in total. The molecule has 0 spiro atoms. The van der Waals surface area contributed by atoms with Crippen molar-refractivity contribution in [3.05, 3.63) is 36.0 Å². The van der Waals surface area contributed by atoms with Crippen LogP contribution in [0.15, 0.2) is 40.4 Å². The molecule has 3 aliphatic heterocycles. The summed E-state index contributed by atoms with van der Waals surface area (Å²) in [6.07, 6.45) is 3.23. The minimum Gasteiger partial charge on any atom is -0.390 e. The number of rotatable bonds is 12. The monoisotopic (exact) mass is 835 g/mol. The molecule has 8 atom stereocenters. The highest BCUT2D eigenvalue weighted by Crippen LogP contribution is 2.27. The van der Waals surface area contributed by atoms with Crippen LogP contribution in [-0.2, 0) is 35.2 Å². The molecule has 0 saturated carbocycles. The van der Waals surface area contributed by atoms with Crippen molar-refractivity contribution in [2.75, 3.05) is 26.2 Å². The number of para-hydroxylation sites is 1. The van der Waals surface area contributed by atoms with E-state index in [0.29, 0.717) is 25.7 Å². The predicted molar refractivity (Wildman–Crippen MR) is 224 cm³/mol. The molecule has 4 heterocycles. The summed E-state index contributed by atoms with van der Waals surface area (Å²) < 4.78 is 0. The minimum absolute atomic E-state index is 0.0363. The van der Waals surface area contributed by atoms with E-state index in [2.05, 4.69) is 36.2 Å². The fraction of sp³-hybridized carbons (Fsp3) is 0.600. The number of fused-ring (bicyclic) bond motifs is 3. The highest BCUT2D eigenvalue weighted by Gasteiger charge is 2.47. The number of benzene rings is 1. The first kappa shape index (κ1) is 45.2. The molecule has 1 aromatic carbocycles. The predicted octanol–water partition coefficient (Wildman–Crippen LogP) is -1.84. The van der Waals surface area contributed by atoms with E-state index in [0.717, 1.165) is 16.5 Å². The lowest BCUT2D eigenvalue weighted by Crippen LogP contribution is -2.64. The van der Waals surface area contributed by atoms with Gasteiger partial charge in [0.05, 0.1) is 6.10 Å². The summed E-state index contributed by atoms with van der Waals surface area (Å²) in [5.74, 6) is -4.56. The number of aliphatic imine (C=N–C) groups is 2. The van der Waals surface area contributed by atoms with Crippen LogP contribution < -0.4 is 44.2 Å². The topological polar surface area (TPSA) is 322 Å². The molecule has 2 aromatic rings. The smallest absolute Gasteiger partial charge is 0.246 e. The highest BCUT2D eigenvalue weighted by molar-refractivity contribution is 5.99. The third-order valence-corrected chi connectivity index (χ3v) is 11.7. The van der Waals surface area contributed by atoms with E-state index in [4.69, 9.17) is 22.9 Å². The van der Waals surface area contributed by atoms with Crippen LogP contribution in [-0.4, -0.2) is 136 Å². The fourth-order valence-corrected chi connectivity index (χ4v) is 8.20. The number of guanidine groups is 2. The van der Waals surface area contributed by atoms with E-state index in [9.17, 15) is 33.9 Å². The van der Waals surface area contributed by atoms with Crippen LogP contribution in [0.25, 0.3) is 10.9 Å². The number of aromatic amines is 1. The van der Waals surface area contributed by atoms with Crippen LogP contribution in [0.2, 0.25) is 0 Å². The maximum atomic E-state index is 14.9. The zero-order valence-electron chi connectivity index (χ0n) is 34.4. The third-order valence-electron chi connectivity index (χ3n) is 11.7. The highest BCUT2D eigenvalue weighted by atomic mass is 16.3. The van der Waals surface area contributed by atoms with E-state index in [1.807, 2.05) is 31.2 Å². The number of aliphatic hydroxyl groups is 1.